The first kappa shape index (κ1) is 17.5. The van der Waals surface area contributed by atoms with Crippen LogP contribution in [0.2, 0.25) is 0 Å². The van der Waals surface area contributed by atoms with Gasteiger partial charge in [0, 0.05) is 13.1 Å². The molecule has 0 aromatic heterocycles. The summed E-state index contributed by atoms with van der Waals surface area (Å²) in [4.78, 5) is 14.3. The topological polar surface area (TPSA) is 29.5 Å². The summed E-state index contributed by atoms with van der Waals surface area (Å²) < 4.78 is 5.73. The fraction of sp³-hybridized carbons (Fsp3) is 0.611. The van der Waals surface area contributed by atoms with E-state index in [2.05, 4.69) is 26.8 Å². The maximum atomic E-state index is 12.3. The molecule has 0 heterocycles. The van der Waals surface area contributed by atoms with E-state index in [0.29, 0.717) is 0 Å². The molecule has 118 valence electrons. The Morgan fingerprint density at radius 1 is 1.10 bits per heavy atom. The highest BCUT2D eigenvalue weighted by Crippen LogP contribution is 2.20. The Morgan fingerprint density at radius 3 is 2.29 bits per heavy atom. The number of ether oxygens (including phenoxy) is 1. The Bertz CT molecular complexity index is 435. The summed E-state index contributed by atoms with van der Waals surface area (Å²) in [5, 5.41) is 0. The molecule has 0 saturated carbocycles. The lowest BCUT2D eigenvalue weighted by molar-refractivity contribution is -0.133. The van der Waals surface area contributed by atoms with Gasteiger partial charge in [-0.25, -0.2) is 0 Å². The molecule has 0 radical (unpaired) electrons. The van der Waals surface area contributed by atoms with E-state index in [1.807, 2.05) is 24.0 Å². The van der Waals surface area contributed by atoms with Gasteiger partial charge in [0.05, 0.1) is 0 Å². The molecule has 21 heavy (non-hydrogen) atoms. The number of unbranched alkanes of at least 4 members (excludes halogenated alkanes) is 2. The number of amides is 1. The van der Waals surface area contributed by atoms with Gasteiger partial charge >= 0.3 is 0 Å². The van der Waals surface area contributed by atoms with Crippen molar-refractivity contribution in [3.05, 3.63) is 29.3 Å². The third kappa shape index (κ3) is 5.78. The third-order valence-corrected chi connectivity index (χ3v) is 3.82. The summed E-state index contributed by atoms with van der Waals surface area (Å²) in [5.41, 5.74) is 2.30. The zero-order valence-corrected chi connectivity index (χ0v) is 13.9. The van der Waals surface area contributed by atoms with Gasteiger partial charge in [0.1, 0.15) is 5.75 Å². The highest BCUT2D eigenvalue weighted by atomic mass is 16.5. The lowest BCUT2D eigenvalue weighted by Crippen LogP contribution is -2.36. The number of carbonyl (C=O) groups excluding carboxylic acids is 1. The number of carbonyl (C=O) groups is 1. The number of rotatable bonds is 9. The van der Waals surface area contributed by atoms with E-state index in [1.54, 1.807) is 0 Å². The molecule has 0 fully saturated rings. The molecule has 1 aromatic rings. The standard InChI is InChI=1S/C18H29NO2/c1-5-7-12-19(13-8-6-2)18(20)14-21-17-11-9-10-15(3)16(17)4/h9-11H,5-8,12-14H2,1-4H3. The number of hydrogen-bond donors (Lipinski definition) is 0. The SMILES string of the molecule is CCCCN(CCCC)C(=O)COc1cccc(C)c1C. The van der Waals surface area contributed by atoms with Crippen molar-refractivity contribution < 1.29 is 9.53 Å². The molecule has 0 aliphatic rings. The van der Waals surface area contributed by atoms with Crippen LogP contribution in [-0.4, -0.2) is 30.5 Å². The molecule has 3 nitrogen and oxygen atoms in total. The minimum atomic E-state index is 0.0952. The van der Waals surface area contributed by atoms with Gasteiger partial charge in [-0.05, 0) is 43.9 Å². The monoisotopic (exact) mass is 291 g/mol. The van der Waals surface area contributed by atoms with Crippen LogP contribution in [0.1, 0.15) is 50.7 Å². The van der Waals surface area contributed by atoms with E-state index in [9.17, 15) is 4.79 Å². The molecule has 0 aliphatic carbocycles. The van der Waals surface area contributed by atoms with Crippen LogP contribution < -0.4 is 4.74 Å². The predicted octanol–water partition coefficient (Wildman–Crippen LogP) is 4.11. The lowest BCUT2D eigenvalue weighted by atomic mass is 10.1. The number of benzene rings is 1. The van der Waals surface area contributed by atoms with E-state index in [1.165, 1.54) is 5.56 Å². The van der Waals surface area contributed by atoms with E-state index in [4.69, 9.17) is 4.74 Å². The van der Waals surface area contributed by atoms with E-state index in [0.717, 1.165) is 50.1 Å². The van der Waals surface area contributed by atoms with Crippen LogP contribution in [0.3, 0.4) is 0 Å². The molecule has 1 amide bonds. The first-order valence-corrected chi connectivity index (χ1v) is 8.06. The number of nitrogens with zero attached hydrogens (tertiary/aromatic N) is 1. The van der Waals surface area contributed by atoms with Crippen LogP contribution in [0.4, 0.5) is 0 Å². The second-order valence-corrected chi connectivity index (χ2v) is 5.57. The predicted molar refractivity (Wildman–Crippen MR) is 87.8 cm³/mol. The van der Waals surface area contributed by atoms with Crippen molar-refractivity contribution in [3.63, 3.8) is 0 Å². The van der Waals surface area contributed by atoms with Crippen molar-refractivity contribution in [1.82, 2.24) is 4.90 Å². The molecule has 1 rings (SSSR count). The van der Waals surface area contributed by atoms with Crippen LogP contribution in [-0.2, 0) is 4.79 Å². The smallest absolute Gasteiger partial charge is 0.260 e. The van der Waals surface area contributed by atoms with Gasteiger partial charge in [-0.2, -0.15) is 0 Å². The number of aryl methyl sites for hydroxylation is 1. The Morgan fingerprint density at radius 2 is 1.71 bits per heavy atom. The van der Waals surface area contributed by atoms with Gasteiger partial charge in [0.15, 0.2) is 6.61 Å². The normalized spacial score (nSPS) is 10.5. The summed E-state index contributed by atoms with van der Waals surface area (Å²) in [5.74, 6) is 0.909. The molecule has 0 unspecified atom stereocenters. The van der Waals surface area contributed by atoms with Crippen LogP contribution >= 0.6 is 0 Å². The molecule has 3 heteroatoms. The summed E-state index contributed by atoms with van der Waals surface area (Å²) in [6, 6.07) is 5.95. The Labute approximate surface area is 129 Å². The minimum Gasteiger partial charge on any atom is -0.483 e. The Kier molecular flexibility index (Phi) is 7.88. The van der Waals surface area contributed by atoms with Crippen molar-refractivity contribution in [2.24, 2.45) is 0 Å². The minimum absolute atomic E-state index is 0.0952. The van der Waals surface area contributed by atoms with Crippen LogP contribution in [0.25, 0.3) is 0 Å². The van der Waals surface area contributed by atoms with Gasteiger partial charge in [-0.15, -0.1) is 0 Å². The fourth-order valence-electron chi connectivity index (χ4n) is 2.17. The summed E-state index contributed by atoms with van der Waals surface area (Å²) in [7, 11) is 0. The lowest BCUT2D eigenvalue weighted by Gasteiger charge is -2.22. The first-order valence-electron chi connectivity index (χ1n) is 8.06. The van der Waals surface area contributed by atoms with Crippen molar-refractivity contribution >= 4 is 5.91 Å². The number of hydrogen-bond acceptors (Lipinski definition) is 2. The maximum absolute atomic E-state index is 12.3. The summed E-state index contributed by atoms with van der Waals surface area (Å²) >= 11 is 0. The van der Waals surface area contributed by atoms with Crippen molar-refractivity contribution in [3.8, 4) is 5.75 Å². The summed E-state index contributed by atoms with van der Waals surface area (Å²) in [6.07, 6.45) is 4.32. The van der Waals surface area contributed by atoms with Crippen molar-refractivity contribution in [2.45, 2.75) is 53.4 Å². The average molecular weight is 291 g/mol. The second-order valence-electron chi connectivity index (χ2n) is 5.57. The van der Waals surface area contributed by atoms with Gasteiger partial charge in [-0.3, -0.25) is 4.79 Å². The highest BCUT2D eigenvalue weighted by molar-refractivity contribution is 5.77. The van der Waals surface area contributed by atoms with Crippen molar-refractivity contribution in [2.75, 3.05) is 19.7 Å². The average Bonchev–Trinajstić information content (AvgIpc) is 2.48. The van der Waals surface area contributed by atoms with Crippen LogP contribution in [0.5, 0.6) is 5.75 Å². The van der Waals surface area contributed by atoms with E-state index in [-0.39, 0.29) is 12.5 Å². The molecule has 0 saturated heterocycles. The third-order valence-electron chi connectivity index (χ3n) is 3.82. The molecule has 0 aliphatic heterocycles. The van der Waals surface area contributed by atoms with Gasteiger partial charge in [0.2, 0.25) is 0 Å². The second kappa shape index (κ2) is 9.43. The zero-order chi connectivity index (χ0) is 15.7. The molecule has 1 aromatic carbocycles. The van der Waals surface area contributed by atoms with E-state index >= 15 is 0 Å². The first-order chi connectivity index (χ1) is 10.1. The van der Waals surface area contributed by atoms with Gasteiger partial charge < -0.3 is 9.64 Å². The molecule has 0 spiro atoms. The molecule has 0 N–H and O–H groups in total. The fourth-order valence-corrected chi connectivity index (χ4v) is 2.17. The van der Waals surface area contributed by atoms with Crippen LogP contribution in [0, 0.1) is 13.8 Å². The quantitative estimate of drug-likeness (QED) is 0.685. The highest BCUT2D eigenvalue weighted by Gasteiger charge is 2.14. The molecular weight excluding hydrogens is 262 g/mol. The zero-order valence-electron chi connectivity index (χ0n) is 13.9. The Hall–Kier alpha value is -1.51. The largest absolute Gasteiger partial charge is 0.483 e. The van der Waals surface area contributed by atoms with Gasteiger partial charge in [-0.1, -0.05) is 38.8 Å². The van der Waals surface area contributed by atoms with E-state index < -0.39 is 0 Å². The van der Waals surface area contributed by atoms with Gasteiger partial charge in [0.25, 0.3) is 5.91 Å². The molecular formula is C18H29NO2. The summed E-state index contributed by atoms with van der Waals surface area (Å²) in [6.45, 7) is 10.2. The van der Waals surface area contributed by atoms with Crippen molar-refractivity contribution in [1.29, 1.82) is 0 Å². The molecule has 0 bridgehead atoms. The van der Waals surface area contributed by atoms with Crippen LogP contribution in [0.15, 0.2) is 18.2 Å². The maximum Gasteiger partial charge on any atom is 0.260 e. The molecule has 0 atom stereocenters. The Balaban J connectivity index is 2.57.